The summed E-state index contributed by atoms with van der Waals surface area (Å²) in [5.41, 5.74) is 1.08. The van der Waals surface area contributed by atoms with Gasteiger partial charge < -0.3 is 5.32 Å². The molecule has 2 rings (SSSR count). The molecule has 0 heterocycles. The van der Waals surface area contributed by atoms with Crippen LogP contribution in [0.3, 0.4) is 0 Å². The van der Waals surface area contributed by atoms with Gasteiger partial charge in [-0.25, -0.2) is 4.39 Å². The van der Waals surface area contributed by atoms with Gasteiger partial charge in [0.2, 0.25) is 0 Å². The molecule has 1 aromatic rings. The molecular weight excluding hydrogens is 251 g/mol. The van der Waals surface area contributed by atoms with Crippen LogP contribution in [0.5, 0.6) is 0 Å². The predicted molar refractivity (Wildman–Crippen MR) is 82.2 cm³/mol. The second-order valence-electron chi connectivity index (χ2n) is 6.72. The fraction of sp³-hybridized carbons (Fsp3) is 0.647. The minimum absolute atomic E-state index is 0.0888. The predicted octanol–water partition coefficient (Wildman–Crippen LogP) is 3.60. The molecule has 3 atom stereocenters. The van der Waals surface area contributed by atoms with Gasteiger partial charge in [0.05, 0.1) is 0 Å². The van der Waals surface area contributed by atoms with E-state index in [2.05, 4.69) is 38.0 Å². The van der Waals surface area contributed by atoms with E-state index in [0.717, 1.165) is 12.0 Å². The number of hydrogen-bond acceptors (Lipinski definition) is 2. The topological polar surface area (TPSA) is 15.3 Å². The highest BCUT2D eigenvalue weighted by Gasteiger charge is 2.43. The Hall–Kier alpha value is -0.930. The van der Waals surface area contributed by atoms with Crippen LogP contribution in [0.1, 0.15) is 45.2 Å². The summed E-state index contributed by atoms with van der Waals surface area (Å²) in [7, 11) is 4.15. The Morgan fingerprint density at radius 1 is 1.35 bits per heavy atom. The molecule has 3 heteroatoms. The van der Waals surface area contributed by atoms with Gasteiger partial charge in [0.15, 0.2) is 0 Å². The fourth-order valence-electron chi connectivity index (χ4n) is 3.71. The number of halogens is 1. The Balaban J connectivity index is 2.19. The Kier molecular flexibility index (Phi) is 4.50. The second kappa shape index (κ2) is 5.82. The minimum Gasteiger partial charge on any atom is -0.315 e. The third kappa shape index (κ3) is 2.75. The molecule has 1 aliphatic rings. The molecule has 0 amide bonds. The average molecular weight is 278 g/mol. The Labute approximate surface area is 122 Å². The van der Waals surface area contributed by atoms with Crippen molar-refractivity contribution in [1.29, 1.82) is 0 Å². The van der Waals surface area contributed by atoms with Crippen molar-refractivity contribution in [2.24, 2.45) is 5.41 Å². The first-order chi connectivity index (χ1) is 9.38. The van der Waals surface area contributed by atoms with E-state index < -0.39 is 0 Å². The monoisotopic (exact) mass is 278 g/mol. The lowest BCUT2D eigenvalue weighted by Crippen LogP contribution is -2.50. The summed E-state index contributed by atoms with van der Waals surface area (Å²) < 4.78 is 14.0. The van der Waals surface area contributed by atoms with Crippen molar-refractivity contribution in [3.05, 3.63) is 35.6 Å². The van der Waals surface area contributed by atoms with E-state index in [1.807, 2.05) is 19.2 Å². The van der Waals surface area contributed by atoms with Crippen LogP contribution in [0.2, 0.25) is 0 Å². The Morgan fingerprint density at radius 3 is 2.60 bits per heavy atom. The van der Waals surface area contributed by atoms with Crippen molar-refractivity contribution in [3.8, 4) is 0 Å². The highest BCUT2D eigenvalue weighted by Crippen LogP contribution is 2.41. The van der Waals surface area contributed by atoms with Gasteiger partial charge >= 0.3 is 0 Å². The molecule has 1 saturated carbocycles. The van der Waals surface area contributed by atoms with Crippen LogP contribution >= 0.6 is 0 Å². The standard InChI is InChI=1S/C17H27FN2/c1-12(13-8-6-7-9-14(13)18)20(5)15-10-11-17(2,3)16(15)19-4/h6-9,12,15-16,19H,10-11H2,1-5H3. The smallest absolute Gasteiger partial charge is 0.127 e. The Morgan fingerprint density at radius 2 is 2.00 bits per heavy atom. The van der Waals surface area contributed by atoms with E-state index in [1.165, 1.54) is 6.42 Å². The lowest BCUT2D eigenvalue weighted by molar-refractivity contribution is 0.138. The zero-order valence-corrected chi connectivity index (χ0v) is 13.3. The van der Waals surface area contributed by atoms with Crippen molar-refractivity contribution in [1.82, 2.24) is 10.2 Å². The van der Waals surface area contributed by atoms with Crippen molar-refractivity contribution < 1.29 is 4.39 Å². The number of hydrogen-bond donors (Lipinski definition) is 1. The van der Waals surface area contributed by atoms with Gasteiger partial charge in [0.1, 0.15) is 5.82 Å². The van der Waals surface area contributed by atoms with Crippen LogP contribution in [-0.4, -0.2) is 31.1 Å². The molecule has 3 unspecified atom stereocenters. The van der Waals surface area contributed by atoms with Crippen LogP contribution in [0, 0.1) is 11.2 Å². The zero-order chi connectivity index (χ0) is 14.9. The van der Waals surface area contributed by atoms with Crippen molar-refractivity contribution in [2.45, 2.75) is 51.7 Å². The molecule has 1 aliphatic carbocycles. The summed E-state index contributed by atoms with van der Waals surface area (Å²) in [5, 5.41) is 3.47. The lowest BCUT2D eigenvalue weighted by Gasteiger charge is -2.38. The van der Waals surface area contributed by atoms with Crippen molar-refractivity contribution >= 4 is 0 Å². The van der Waals surface area contributed by atoms with Crippen LogP contribution in [0.25, 0.3) is 0 Å². The van der Waals surface area contributed by atoms with E-state index in [1.54, 1.807) is 12.1 Å². The van der Waals surface area contributed by atoms with Gasteiger partial charge in [0, 0.05) is 23.7 Å². The molecule has 1 fully saturated rings. The molecule has 0 radical (unpaired) electrons. The quantitative estimate of drug-likeness (QED) is 0.905. The molecular formula is C17H27FN2. The number of nitrogens with one attached hydrogen (secondary N) is 1. The van der Waals surface area contributed by atoms with E-state index in [-0.39, 0.29) is 11.9 Å². The van der Waals surface area contributed by atoms with Gasteiger partial charge in [0.25, 0.3) is 0 Å². The minimum atomic E-state index is -0.106. The highest BCUT2D eigenvalue weighted by molar-refractivity contribution is 5.21. The van der Waals surface area contributed by atoms with Gasteiger partial charge in [-0.1, -0.05) is 32.0 Å². The third-order valence-electron chi connectivity index (χ3n) is 5.11. The lowest BCUT2D eigenvalue weighted by atomic mass is 9.86. The third-order valence-corrected chi connectivity index (χ3v) is 5.11. The van der Waals surface area contributed by atoms with Crippen LogP contribution in [0.15, 0.2) is 24.3 Å². The van der Waals surface area contributed by atoms with Gasteiger partial charge in [-0.05, 0) is 45.3 Å². The fourth-order valence-corrected chi connectivity index (χ4v) is 3.71. The molecule has 1 aromatic carbocycles. The maximum Gasteiger partial charge on any atom is 0.127 e. The summed E-state index contributed by atoms with van der Waals surface area (Å²) in [6.45, 7) is 6.72. The molecule has 0 bridgehead atoms. The summed E-state index contributed by atoms with van der Waals surface area (Å²) in [5.74, 6) is -0.106. The maximum absolute atomic E-state index is 14.0. The van der Waals surface area contributed by atoms with E-state index in [4.69, 9.17) is 0 Å². The number of likely N-dealkylation sites (N-methyl/N-ethyl adjacent to an activating group) is 2. The number of rotatable bonds is 4. The first-order valence-corrected chi connectivity index (χ1v) is 7.52. The summed E-state index contributed by atoms with van der Waals surface area (Å²) >= 11 is 0. The summed E-state index contributed by atoms with van der Waals surface area (Å²) in [4.78, 5) is 2.33. The van der Waals surface area contributed by atoms with Crippen LogP contribution in [-0.2, 0) is 0 Å². The molecule has 1 N–H and O–H groups in total. The first-order valence-electron chi connectivity index (χ1n) is 7.52. The highest BCUT2D eigenvalue weighted by atomic mass is 19.1. The van der Waals surface area contributed by atoms with E-state index >= 15 is 0 Å². The first kappa shape index (κ1) is 15.5. The van der Waals surface area contributed by atoms with Crippen LogP contribution < -0.4 is 5.32 Å². The van der Waals surface area contributed by atoms with Crippen molar-refractivity contribution in [2.75, 3.05) is 14.1 Å². The number of benzene rings is 1. The molecule has 2 nitrogen and oxygen atoms in total. The van der Waals surface area contributed by atoms with Crippen LogP contribution in [0.4, 0.5) is 4.39 Å². The van der Waals surface area contributed by atoms with Gasteiger partial charge in [-0.15, -0.1) is 0 Å². The normalized spacial score (nSPS) is 26.9. The number of nitrogens with zero attached hydrogens (tertiary/aromatic N) is 1. The molecule has 112 valence electrons. The van der Waals surface area contributed by atoms with E-state index in [9.17, 15) is 4.39 Å². The van der Waals surface area contributed by atoms with Crippen molar-refractivity contribution in [3.63, 3.8) is 0 Å². The van der Waals surface area contributed by atoms with Gasteiger partial charge in [-0.2, -0.15) is 0 Å². The summed E-state index contributed by atoms with van der Waals surface area (Å²) in [6, 6.07) is 8.09. The summed E-state index contributed by atoms with van der Waals surface area (Å²) in [6.07, 6.45) is 2.37. The molecule has 0 spiro atoms. The molecule has 20 heavy (non-hydrogen) atoms. The molecule has 0 aromatic heterocycles. The Bertz CT molecular complexity index is 458. The van der Waals surface area contributed by atoms with E-state index in [0.29, 0.717) is 17.5 Å². The average Bonchev–Trinajstić information content (AvgIpc) is 2.72. The SMILES string of the molecule is CNC1C(N(C)C(C)c2ccccc2F)CCC1(C)C. The largest absolute Gasteiger partial charge is 0.315 e. The molecule has 0 aliphatic heterocycles. The molecule has 0 saturated heterocycles. The zero-order valence-electron chi connectivity index (χ0n) is 13.3. The second-order valence-corrected chi connectivity index (χ2v) is 6.72. The maximum atomic E-state index is 14.0. The van der Waals surface area contributed by atoms with Gasteiger partial charge in [-0.3, -0.25) is 4.90 Å².